The maximum absolute atomic E-state index is 6.05. The average molecular weight is 257 g/mol. The maximum atomic E-state index is 6.05. The molecule has 1 aromatic heterocycles. The van der Waals surface area contributed by atoms with Crippen LogP contribution in [0.4, 0.5) is 0 Å². The van der Waals surface area contributed by atoms with Crippen LogP contribution >= 0.6 is 15.9 Å². The first-order chi connectivity index (χ1) is 6.59. The van der Waals surface area contributed by atoms with E-state index in [0.29, 0.717) is 5.92 Å². The molecule has 0 aliphatic heterocycles. The normalized spacial score (nSPS) is 13.2. The molecule has 2 N–H and O–H groups in total. The molecule has 1 heterocycles. The molecular formula is C11H17BrN2. The summed E-state index contributed by atoms with van der Waals surface area (Å²) in [6, 6.07) is 2.15. The van der Waals surface area contributed by atoms with Crippen LogP contribution in [0.25, 0.3) is 0 Å². The van der Waals surface area contributed by atoms with E-state index in [2.05, 4.69) is 34.8 Å². The van der Waals surface area contributed by atoms with Crippen molar-refractivity contribution in [2.75, 3.05) is 0 Å². The zero-order valence-electron chi connectivity index (χ0n) is 8.70. The number of hydrogen-bond acceptors (Lipinski definition) is 2. The van der Waals surface area contributed by atoms with E-state index >= 15 is 0 Å². The van der Waals surface area contributed by atoms with Crippen molar-refractivity contribution in [2.24, 2.45) is 11.7 Å². The van der Waals surface area contributed by atoms with Crippen LogP contribution < -0.4 is 5.73 Å². The molecule has 0 bridgehead atoms. The molecule has 0 radical (unpaired) electrons. The Morgan fingerprint density at radius 2 is 2.07 bits per heavy atom. The molecule has 1 atom stereocenters. The van der Waals surface area contributed by atoms with Gasteiger partial charge in [-0.25, -0.2) is 0 Å². The highest BCUT2D eigenvalue weighted by molar-refractivity contribution is 9.10. The fourth-order valence-corrected chi connectivity index (χ4v) is 1.69. The lowest BCUT2D eigenvalue weighted by Gasteiger charge is -2.13. The Morgan fingerprint density at radius 1 is 1.36 bits per heavy atom. The molecule has 0 spiro atoms. The number of hydrogen-bond donors (Lipinski definition) is 1. The summed E-state index contributed by atoms with van der Waals surface area (Å²) in [5.41, 5.74) is 7.16. The van der Waals surface area contributed by atoms with Crippen LogP contribution in [-0.2, 0) is 0 Å². The molecule has 2 nitrogen and oxygen atoms in total. The van der Waals surface area contributed by atoms with E-state index in [1.54, 1.807) is 6.20 Å². The number of rotatable bonds is 4. The minimum absolute atomic E-state index is 0.113. The Hall–Kier alpha value is -0.410. The maximum Gasteiger partial charge on any atom is 0.0410 e. The number of aromatic nitrogens is 1. The van der Waals surface area contributed by atoms with Crippen LogP contribution in [0.1, 0.15) is 38.3 Å². The van der Waals surface area contributed by atoms with Gasteiger partial charge in [-0.1, -0.05) is 13.8 Å². The largest absolute Gasteiger partial charge is 0.324 e. The van der Waals surface area contributed by atoms with Gasteiger partial charge >= 0.3 is 0 Å². The lowest BCUT2D eigenvalue weighted by molar-refractivity contribution is 0.506. The molecule has 0 saturated heterocycles. The van der Waals surface area contributed by atoms with Crippen molar-refractivity contribution in [2.45, 2.75) is 32.7 Å². The van der Waals surface area contributed by atoms with Crippen molar-refractivity contribution in [1.29, 1.82) is 0 Å². The number of nitrogens with zero attached hydrogens (tertiary/aromatic N) is 1. The van der Waals surface area contributed by atoms with E-state index in [1.807, 2.05) is 12.3 Å². The third-order valence-electron chi connectivity index (χ3n) is 2.21. The average Bonchev–Trinajstić information content (AvgIpc) is 2.14. The van der Waals surface area contributed by atoms with Crippen molar-refractivity contribution in [3.63, 3.8) is 0 Å². The fraction of sp³-hybridized carbons (Fsp3) is 0.545. The van der Waals surface area contributed by atoms with Crippen molar-refractivity contribution < 1.29 is 0 Å². The van der Waals surface area contributed by atoms with Crippen molar-refractivity contribution in [3.8, 4) is 0 Å². The summed E-state index contributed by atoms with van der Waals surface area (Å²) in [5.74, 6) is 0.709. The van der Waals surface area contributed by atoms with Crippen LogP contribution in [0.3, 0.4) is 0 Å². The molecule has 0 aliphatic rings. The standard InChI is InChI=1S/C11H17BrN2/c1-8(2)3-4-11(13)9-5-10(12)7-14-6-9/h5-8,11H,3-4,13H2,1-2H3/t11-/m0/s1. The molecule has 78 valence electrons. The van der Waals surface area contributed by atoms with E-state index in [0.717, 1.165) is 22.9 Å². The van der Waals surface area contributed by atoms with Crippen molar-refractivity contribution >= 4 is 15.9 Å². The van der Waals surface area contributed by atoms with Gasteiger partial charge in [-0.05, 0) is 46.3 Å². The van der Waals surface area contributed by atoms with Crippen LogP contribution in [0.2, 0.25) is 0 Å². The number of pyridine rings is 1. The molecule has 0 aromatic carbocycles. The Labute approximate surface area is 94.0 Å². The van der Waals surface area contributed by atoms with E-state index in [4.69, 9.17) is 5.73 Å². The quantitative estimate of drug-likeness (QED) is 0.898. The van der Waals surface area contributed by atoms with Crippen LogP contribution in [0, 0.1) is 5.92 Å². The minimum atomic E-state index is 0.113. The molecule has 1 aromatic rings. The predicted molar refractivity (Wildman–Crippen MR) is 62.9 cm³/mol. The van der Waals surface area contributed by atoms with Gasteiger partial charge in [0.2, 0.25) is 0 Å². The summed E-state index contributed by atoms with van der Waals surface area (Å²) in [7, 11) is 0. The predicted octanol–water partition coefficient (Wildman–Crippen LogP) is 3.28. The first-order valence-corrected chi connectivity index (χ1v) is 5.75. The lowest BCUT2D eigenvalue weighted by atomic mass is 10.00. The van der Waals surface area contributed by atoms with Gasteiger partial charge in [-0.3, -0.25) is 4.98 Å². The zero-order chi connectivity index (χ0) is 10.6. The molecule has 3 heteroatoms. The lowest BCUT2D eigenvalue weighted by Crippen LogP contribution is -2.11. The van der Waals surface area contributed by atoms with E-state index < -0.39 is 0 Å². The van der Waals surface area contributed by atoms with Gasteiger partial charge < -0.3 is 5.73 Å². The Morgan fingerprint density at radius 3 is 2.64 bits per heavy atom. The minimum Gasteiger partial charge on any atom is -0.324 e. The van der Waals surface area contributed by atoms with Crippen molar-refractivity contribution in [3.05, 3.63) is 28.5 Å². The summed E-state index contributed by atoms with van der Waals surface area (Å²) >= 11 is 3.39. The van der Waals surface area contributed by atoms with Gasteiger partial charge in [0, 0.05) is 22.9 Å². The monoisotopic (exact) mass is 256 g/mol. The van der Waals surface area contributed by atoms with Crippen LogP contribution in [-0.4, -0.2) is 4.98 Å². The zero-order valence-corrected chi connectivity index (χ0v) is 10.3. The molecule has 0 saturated carbocycles. The van der Waals surface area contributed by atoms with E-state index in [9.17, 15) is 0 Å². The number of nitrogens with two attached hydrogens (primary N) is 1. The van der Waals surface area contributed by atoms with Gasteiger partial charge in [-0.2, -0.15) is 0 Å². The topological polar surface area (TPSA) is 38.9 Å². The summed E-state index contributed by atoms with van der Waals surface area (Å²) in [6.07, 6.45) is 5.80. The summed E-state index contributed by atoms with van der Waals surface area (Å²) in [6.45, 7) is 4.43. The second-order valence-corrected chi connectivity index (χ2v) is 4.93. The van der Waals surface area contributed by atoms with Crippen LogP contribution in [0.15, 0.2) is 22.9 Å². The second-order valence-electron chi connectivity index (χ2n) is 4.01. The first kappa shape index (κ1) is 11.7. The molecule has 0 unspecified atom stereocenters. The van der Waals surface area contributed by atoms with E-state index in [-0.39, 0.29) is 6.04 Å². The summed E-state index contributed by atoms with van der Waals surface area (Å²) in [5, 5.41) is 0. The molecule has 1 rings (SSSR count). The molecule has 14 heavy (non-hydrogen) atoms. The SMILES string of the molecule is CC(C)CC[C@H](N)c1cncc(Br)c1. The highest BCUT2D eigenvalue weighted by Gasteiger charge is 2.07. The van der Waals surface area contributed by atoms with Crippen molar-refractivity contribution in [1.82, 2.24) is 4.98 Å². The second kappa shape index (κ2) is 5.47. The molecule has 0 fully saturated rings. The van der Waals surface area contributed by atoms with Gasteiger partial charge in [0.15, 0.2) is 0 Å². The summed E-state index contributed by atoms with van der Waals surface area (Å²) in [4.78, 5) is 4.11. The Balaban J connectivity index is 2.56. The summed E-state index contributed by atoms with van der Waals surface area (Å²) < 4.78 is 0.995. The van der Waals surface area contributed by atoms with Gasteiger partial charge in [-0.15, -0.1) is 0 Å². The number of halogens is 1. The highest BCUT2D eigenvalue weighted by atomic mass is 79.9. The fourth-order valence-electron chi connectivity index (χ4n) is 1.31. The third-order valence-corrected chi connectivity index (χ3v) is 2.64. The molecular weight excluding hydrogens is 240 g/mol. The highest BCUT2D eigenvalue weighted by Crippen LogP contribution is 2.20. The van der Waals surface area contributed by atoms with E-state index in [1.165, 1.54) is 0 Å². The third kappa shape index (κ3) is 3.76. The Kier molecular flexibility index (Phi) is 4.55. The Bertz CT molecular complexity index is 286. The smallest absolute Gasteiger partial charge is 0.0410 e. The van der Waals surface area contributed by atoms with Crippen LogP contribution in [0.5, 0.6) is 0 Å². The molecule has 0 aliphatic carbocycles. The van der Waals surface area contributed by atoms with Gasteiger partial charge in [0.1, 0.15) is 0 Å². The van der Waals surface area contributed by atoms with Gasteiger partial charge in [0.05, 0.1) is 0 Å². The first-order valence-electron chi connectivity index (χ1n) is 4.95. The molecule has 0 amide bonds. The van der Waals surface area contributed by atoms with Gasteiger partial charge in [0.25, 0.3) is 0 Å².